The van der Waals surface area contributed by atoms with E-state index in [1.807, 2.05) is 54.6 Å². The molecule has 0 aliphatic carbocycles. The topological polar surface area (TPSA) is 62.5 Å². The third-order valence-electron chi connectivity index (χ3n) is 4.99. The molecule has 4 rings (SSSR count). The number of benzene rings is 2. The van der Waals surface area contributed by atoms with Crippen LogP contribution in [0.15, 0.2) is 54.6 Å². The normalized spacial score (nSPS) is 15.3. The first-order valence-corrected chi connectivity index (χ1v) is 8.86. The lowest BCUT2D eigenvalue weighted by Crippen LogP contribution is -2.45. The first-order valence-electron chi connectivity index (χ1n) is 8.86. The Hall–Kier alpha value is -2.92. The van der Waals surface area contributed by atoms with Crippen LogP contribution in [0.3, 0.4) is 0 Å². The Morgan fingerprint density at radius 2 is 1.62 bits per heavy atom. The van der Waals surface area contributed by atoms with Crippen LogP contribution in [0, 0.1) is 0 Å². The molecule has 2 heterocycles. The van der Waals surface area contributed by atoms with Gasteiger partial charge in [-0.05, 0) is 18.7 Å². The van der Waals surface area contributed by atoms with Crippen molar-refractivity contribution >= 4 is 22.6 Å². The Kier molecular flexibility index (Phi) is 4.31. The summed E-state index contributed by atoms with van der Waals surface area (Å²) in [5.41, 5.74) is 9.11. The van der Waals surface area contributed by atoms with Crippen molar-refractivity contribution in [3.63, 3.8) is 0 Å². The van der Waals surface area contributed by atoms with Crippen molar-refractivity contribution in [3.8, 4) is 11.1 Å². The van der Waals surface area contributed by atoms with Gasteiger partial charge in [-0.1, -0.05) is 48.5 Å². The summed E-state index contributed by atoms with van der Waals surface area (Å²) >= 11 is 0. The van der Waals surface area contributed by atoms with Crippen molar-refractivity contribution in [1.29, 1.82) is 0 Å². The molecule has 2 N–H and O–H groups in total. The van der Waals surface area contributed by atoms with Crippen LogP contribution >= 0.6 is 0 Å². The highest BCUT2D eigenvalue weighted by Gasteiger charge is 2.25. The number of primary amides is 1. The zero-order chi connectivity index (χ0) is 18.1. The second kappa shape index (κ2) is 6.77. The number of amides is 1. The smallest absolute Gasteiger partial charge is 0.253 e. The Balaban J connectivity index is 2.00. The predicted octanol–water partition coefficient (Wildman–Crippen LogP) is 2.75. The van der Waals surface area contributed by atoms with Crippen LogP contribution in [0.25, 0.3) is 22.0 Å². The number of likely N-dealkylation sites (N-methyl/N-ethyl adjacent to an activating group) is 1. The van der Waals surface area contributed by atoms with Crippen LogP contribution < -0.4 is 10.6 Å². The minimum absolute atomic E-state index is 0.434. The summed E-state index contributed by atoms with van der Waals surface area (Å²) in [6, 6.07) is 17.9. The number of rotatable bonds is 3. The highest BCUT2D eigenvalue weighted by atomic mass is 16.1. The van der Waals surface area contributed by atoms with Gasteiger partial charge in [-0.3, -0.25) is 4.79 Å². The van der Waals surface area contributed by atoms with Gasteiger partial charge in [0.2, 0.25) is 0 Å². The van der Waals surface area contributed by atoms with E-state index in [-0.39, 0.29) is 0 Å². The van der Waals surface area contributed by atoms with Gasteiger partial charge in [-0.2, -0.15) is 0 Å². The average Bonchev–Trinajstić information content (AvgIpc) is 2.67. The van der Waals surface area contributed by atoms with Crippen molar-refractivity contribution in [2.24, 2.45) is 5.73 Å². The van der Waals surface area contributed by atoms with E-state index in [0.717, 1.165) is 48.2 Å². The summed E-state index contributed by atoms with van der Waals surface area (Å²) in [7, 11) is 2.11. The van der Waals surface area contributed by atoms with Crippen LogP contribution in [0.5, 0.6) is 0 Å². The molecule has 26 heavy (non-hydrogen) atoms. The second-order valence-electron chi connectivity index (χ2n) is 6.72. The lowest BCUT2D eigenvalue weighted by molar-refractivity contribution is 0.100. The lowest BCUT2D eigenvalue weighted by atomic mass is 9.95. The average molecular weight is 346 g/mol. The van der Waals surface area contributed by atoms with E-state index < -0.39 is 5.91 Å². The maximum Gasteiger partial charge on any atom is 0.253 e. The summed E-state index contributed by atoms with van der Waals surface area (Å²) < 4.78 is 0. The van der Waals surface area contributed by atoms with Gasteiger partial charge in [-0.25, -0.2) is 4.98 Å². The monoisotopic (exact) mass is 346 g/mol. The van der Waals surface area contributed by atoms with Gasteiger partial charge in [0.05, 0.1) is 11.1 Å². The molecule has 1 saturated heterocycles. The number of carbonyl (C=O) groups is 1. The first kappa shape index (κ1) is 16.5. The van der Waals surface area contributed by atoms with Gasteiger partial charge in [0, 0.05) is 37.1 Å². The minimum Gasteiger partial charge on any atom is -0.365 e. The maximum atomic E-state index is 12.5. The molecule has 0 bridgehead atoms. The number of para-hydroxylation sites is 1. The SMILES string of the molecule is CN1CCN(c2nc3ccccc3c(-c3ccccc3)c2C(N)=O)CC1. The maximum absolute atomic E-state index is 12.5. The van der Waals surface area contributed by atoms with E-state index >= 15 is 0 Å². The van der Waals surface area contributed by atoms with E-state index in [4.69, 9.17) is 10.7 Å². The molecule has 0 saturated carbocycles. The van der Waals surface area contributed by atoms with Crippen molar-refractivity contribution in [3.05, 3.63) is 60.2 Å². The fraction of sp³-hybridized carbons (Fsp3) is 0.238. The summed E-state index contributed by atoms with van der Waals surface area (Å²) in [6.45, 7) is 3.54. The Morgan fingerprint density at radius 1 is 0.962 bits per heavy atom. The van der Waals surface area contributed by atoms with Gasteiger partial charge in [-0.15, -0.1) is 0 Å². The number of hydrogen-bond donors (Lipinski definition) is 1. The molecular weight excluding hydrogens is 324 g/mol. The Bertz CT molecular complexity index is 947. The molecule has 1 amide bonds. The standard InChI is InChI=1S/C21H22N4O/c1-24-11-13-25(14-12-24)21-19(20(22)26)18(15-7-3-2-4-8-15)16-9-5-6-10-17(16)23-21/h2-10H,11-14H2,1H3,(H2,22,26). The van der Waals surface area contributed by atoms with Gasteiger partial charge in [0.25, 0.3) is 5.91 Å². The van der Waals surface area contributed by atoms with Crippen LogP contribution in [-0.2, 0) is 0 Å². The molecule has 1 aliphatic heterocycles. The molecule has 0 atom stereocenters. The van der Waals surface area contributed by atoms with E-state index in [2.05, 4.69) is 16.8 Å². The van der Waals surface area contributed by atoms with E-state index in [0.29, 0.717) is 11.4 Å². The molecule has 5 heteroatoms. The predicted molar refractivity (Wildman–Crippen MR) is 105 cm³/mol. The number of pyridine rings is 1. The fourth-order valence-electron chi connectivity index (χ4n) is 3.58. The molecule has 2 aromatic carbocycles. The molecule has 0 unspecified atom stereocenters. The van der Waals surface area contributed by atoms with Crippen molar-refractivity contribution in [1.82, 2.24) is 9.88 Å². The van der Waals surface area contributed by atoms with Crippen LogP contribution in [0.4, 0.5) is 5.82 Å². The quantitative estimate of drug-likeness (QED) is 0.792. The van der Waals surface area contributed by atoms with Crippen molar-refractivity contribution < 1.29 is 4.79 Å². The van der Waals surface area contributed by atoms with Crippen LogP contribution in [0.1, 0.15) is 10.4 Å². The second-order valence-corrected chi connectivity index (χ2v) is 6.72. The van der Waals surface area contributed by atoms with Gasteiger partial charge in [0.15, 0.2) is 0 Å². The lowest BCUT2D eigenvalue weighted by Gasteiger charge is -2.34. The summed E-state index contributed by atoms with van der Waals surface area (Å²) in [6.07, 6.45) is 0. The molecule has 132 valence electrons. The van der Waals surface area contributed by atoms with Gasteiger partial charge < -0.3 is 15.5 Å². The molecule has 1 aliphatic rings. The molecular formula is C21H22N4O. The number of fused-ring (bicyclic) bond motifs is 1. The summed E-state index contributed by atoms with van der Waals surface area (Å²) in [5.74, 6) is 0.263. The molecule has 5 nitrogen and oxygen atoms in total. The number of hydrogen-bond acceptors (Lipinski definition) is 4. The zero-order valence-corrected chi connectivity index (χ0v) is 14.9. The molecule has 0 radical (unpaired) electrons. The van der Waals surface area contributed by atoms with Gasteiger partial charge >= 0.3 is 0 Å². The van der Waals surface area contributed by atoms with E-state index in [1.165, 1.54) is 0 Å². The third-order valence-corrected chi connectivity index (χ3v) is 4.99. The molecule has 1 aromatic heterocycles. The molecule has 1 fully saturated rings. The highest BCUT2D eigenvalue weighted by molar-refractivity contribution is 6.12. The molecule has 3 aromatic rings. The Morgan fingerprint density at radius 3 is 2.31 bits per heavy atom. The zero-order valence-electron chi connectivity index (χ0n) is 14.9. The number of anilines is 1. The fourth-order valence-corrected chi connectivity index (χ4v) is 3.58. The number of nitrogens with zero attached hydrogens (tertiary/aromatic N) is 3. The van der Waals surface area contributed by atoms with Crippen LogP contribution in [-0.4, -0.2) is 49.0 Å². The first-order chi connectivity index (χ1) is 12.6. The third kappa shape index (κ3) is 2.91. The van der Waals surface area contributed by atoms with Crippen molar-refractivity contribution in [2.45, 2.75) is 0 Å². The summed E-state index contributed by atoms with van der Waals surface area (Å²) in [4.78, 5) is 21.8. The van der Waals surface area contributed by atoms with Crippen molar-refractivity contribution in [2.75, 3.05) is 38.1 Å². The largest absolute Gasteiger partial charge is 0.365 e. The number of nitrogens with two attached hydrogens (primary N) is 1. The Labute approximate surface area is 153 Å². The van der Waals surface area contributed by atoms with E-state index in [9.17, 15) is 4.79 Å². The van der Waals surface area contributed by atoms with Gasteiger partial charge in [0.1, 0.15) is 5.82 Å². The number of piperazine rings is 1. The number of aromatic nitrogens is 1. The minimum atomic E-state index is -0.434. The summed E-state index contributed by atoms with van der Waals surface area (Å²) in [5, 5.41) is 0.949. The van der Waals surface area contributed by atoms with Crippen LogP contribution in [0.2, 0.25) is 0 Å². The number of carbonyl (C=O) groups excluding carboxylic acids is 1. The molecule has 0 spiro atoms. The highest BCUT2D eigenvalue weighted by Crippen LogP contribution is 2.36. The van der Waals surface area contributed by atoms with E-state index in [1.54, 1.807) is 0 Å².